The van der Waals surface area contributed by atoms with E-state index >= 15 is 0 Å². The van der Waals surface area contributed by atoms with Gasteiger partial charge in [-0.15, -0.1) is 4.72 Å². The highest BCUT2D eigenvalue weighted by Gasteiger charge is 2.57. The zero-order valence-electron chi connectivity index (χ0n) is 12.4. The summed E-state index contributed by atoms with van der Waals surface area (Å²) < 4.78 is 41.5. The number of piperidine rings is 1. The molecule has 21 heavy (non-hydrogen) atoms. The average molecular weight is 324 g/mol. The minimum atomic E-state index is -2.68. The summed E-state index contributed by atoms with van der Waals surface area (Å²) >= 11 is -1.61. The first-order chi connectivity index (χ1) is 9.57. The third-order valence-corrected chi connectivity index (χ3v) is 6.01. The van der Waals surface area contributed by atoms with Gasteiger partial charge < -0.3 is 14.6 Å². The Balaban J connectivity index is 2.21. The van der Waals surface area contributed by atoms with Gasteiger partial charge in [0.1, 0.15) is 10.3 Å². The number of hydrogen-bond donors (Lipinski definition) is 2. The molecule has 2 aliphatic heterocycles. The zero-order chi connectivity index (χ0) is 16.0. The second-order valence-electron chi connectivity index (χ2n) is 6.92. The van der Waals surface area contributed by atoms with Gasteiger partial charge in [0.25, 0.3) is 6.43 Å². The van der Waals surface area contributed by atoms with Gasteiger partial charge in [-0.3, -0.25) is 0 Å². The van der Waals surface area contributed by atoms with E-state index in [9.17, 15) is 23.2 Å². The SMILES string of the molecule is CC(C)(C)[S+]([O-])N[C@@]1(C(F)F)C[C@H]2CC[C@@H](C1)N2C(=O)O. The van der Waals surface area contributed by atoms with Crippen molar-refractivity contribution in [1.29, 1.82) is 0 Å². The van der Waals surface area contributed by atoms with E-state index in [2.05, 4.69) is 4.72 Å². The summed E-state index contributed by atoms with van der Waals surface area (Å²) in [5.41, 5.74) is -1.56. The molecule has 1 unspecified atom stereocenters. The summed E-state index contributed by atoms with van der Waals surface area (Å²) in [5.74, 6) is 0. The number of alkyl halides is 2. The number of halogens is 2. The lowest BCUT2D eigenvalue weighted by Crippen LogP contribution is -2.65. The van der Waals surface area contributed by atoms with E-state index < -0.39 is 46.3 Å². The standard InChI is InChI=1S/C13H22F2N2O3S/c1-12(2,3)21(20)16-13(10(14)15)6-8-4-5-9(7-13)17(8)11(18)19/h8-10,16H,4-7H2,1-3H3,(H,18,19)/t8-,9+,13+,21?. The molecule has 0 aliphatic carbocycles. The van der Waals surface area contributed by atoms with Crippen LogP contribution in [0.25, 0.3) is 0 Å². The molecule has 0 aromatic heterocycles. The third-order valence-electron chi connectivity index (χ3n) is 4.31. The van der Waals surface area contributed by atoms with Gasteiger partial charge in [0.05, 0.1) is 0 Å². The monoisotopic (exact) mass is 324 g/mol. The highest BCUT2D eigenvalue weighted by molar-refractivity contribution is 7.90. The van der Waals surface area contributed by atoms with Crippen molar-refractivity contribution in [3.63, 3.8) is 0 Å². The zero-order valence-corrected chi connectivity index (χ0v) is 13.3. The van der Waals surface area contributed by atoms with E-state index in [4.69, 9.17) is 0 Å². The molecule has 1 amide bonds. The smallest absolute Gasteiger partial charge is 0.407 e. The van der Waals surface area contributed by atoms with Gasteiger partial charge in [-0.05, 0) is 46.5 Å². The maximum absolute atomic E-state index is 13.7. The van der Waals surface area contributed by atoms with Crippen LogP contribution >= 0.6 is 0 Å². The minimum absolute atomic E-state index is 0.00921. The molecule has 4 atom stereocenters. The summed E-state index contributed by atoms with van der Waals surface area (Å²) in [6.45, 7) is 5.16. The Morgan fingerprint density at radius 1 is 1.38 bits per heavy atom. The highest BCUT2D eigenvalue weighted by atomic mass is 32.2. The number of nitrogens with one attached hydrogen (secondary N) is 1. The van der Waals surface area contributed by atoms with Crippen LogP contribution in [-0.4, -0.2) is 49.4 Å². The van der Waals surface area contributed by atoms with Crippen molar-refractivity contribution in [1.82, 2.24) is 9.62 Å². The number of amides is 1. The van der Waals surface area contributed by atoms with E-state index in [1.165, 1.54) is 4.90 Å². The van der Waals surface area contributed by atoms with Gasteiger partial charge in [-0.25, -0.2) is 13.6 Å². The second-order valence-corrected chi connectivity index (χ2v) is 8.89. The fourth-order valence-electron chi connectivity index (χ4n) is 3.24. The largest absolute Gasteiger partial charge is 0.598 e. The number of fused-ring (bicyclic) bond motifs is 2. The fourth-order valence-corrected chi connectivity index (χ4v) is 4.17. The first-order valence-electron chi connectivity index (χ1n) is 7.06. The Hall–Kier alpha value is -0.600. The topological polar surface area (TPSA) is 75.6 Å². The van der Waals surface area contributed by atoms with Gasteiger partial charge in [0, 0.05) is 23.4 Å². The number of rotatable bonds is 3. The normalized spacial score (nSPS) is 34.3. The van der Waals surface area contributed by atoms with Gasteiger partial charge in [-0.2, -0.15) is 0 Å². The van der Waals surface area contributed by atoms with Crippen LogP contribution < -0.4 is 4.72 Å². The fraction of sp³-hybridized carbons (Fsp3) is 0.923. The molecule has 5 nitrogen and oxygen atoms in total. The molecule has 0 saturated carbocycles. The van der Waals surface area contributed by atoms with Gasteiger partial charge in [0.2, 0.25) is 0 Å². The molecule has 2 aliphatic rings. The number of hydrogen-bond acceptors (Lipinski definition) is 3. The van der Waals surface area contributed by atoms with Crippen LogP contribution in [0.2, 0.25) is 0 Å². The maximum atomic E-state index is 13.7. The van der Waals surface area contributed by atoms with Crippen molar-refractivity contribution in [3.8, 4) is 0 Å². The lowest BCUT2D eigenvalue weighted by molar-refractivity contribution is -0.0188. The van der Waals surface area contributed by atoms with Crippen LogP contribution in [0, 0.1) is 0 Å². The van der Waals surface area contributed by atoms with Gasteiger partial charge in [0.15, 0.2) is 0 Å². The molecular formula is C13H22F2N2O3S. The quantitative estimate of drug-likeness (QED) is 0.781. The van der Waals surface area contributed by atoms with Crippen molar-refractivity contribution < 1.29 is 23.2 Å². The summed E-state index contributed by atoms with van der Waals surface area (Å²) in [6.07, 6.45) is -2.53. The Labute approximate surface area is 126 Å². The molecule has 8 heteroatoms. The molecule has 2 N–H and O–H groups in total. The second kappa shape index (κ2) is 5.55. The molecule has 0 aromatic rings. The van der Waals surface area contributed by atoms with E-state index in [1.54, 1.807) is 20.8 Å². The van der Waals surface area contributed by atoms with Crippen LogP contribution in [0.4, 0.5) is 13.6 Å². The van der Waals surface area contributed by atoms with E-state index in [-0.39, 0.29) is 12.8 Å². The molecule has 0 spiro atoms. The predicted octanol–water partition coefficient (Wildman–Crippen LogP) is 2.35. The maximum Gasteiger partial charge on any atom is 0.407 e. The molecular weight excluding hydrogens is 302 g/mol. The molecule has 0 radical (unpaired) electrons. The molecule has 2 heterocycles. The van der Waals surface area contributed by atoms with Crippen molar-refractivity contribution >= 4 is 17.5 Å². The van der Waals surface area contributed by atoms with Crippen LogP contribution in [0.15, 0.2) is 0 Å². The van der Waals surface area contributed by atoms with Crippen molar-refractivity contribution in [2.24, 2.45) is 0 Å². The van der Waals surface area contributed by atoms with Crippen LogP contribution in [0.1, 0.15) is 46.5 Å². The van der Waals surface area contributed by atoms with Crippen molar-refractivity contribution in [2.45, 2.75) is 75.2 Å². The first-order valence-corrected chi connectivity index (χ1v) is 8.21. The third kappa shape index (κ3) is 3.12. The summed E-state index contributed by atoms with van der Waals surface area (Å²) in [6, 6.07) is -0.834. The molecule has 122 valence electrons. The Kier molecular flexibility index (Phi) is 4.43. The molecule has 2 saturated heterocycles. The lowest BCUT2D eigenvalue weighted by atomic mass is 9.84. The van der Waals surface area contributed by atoms with E-state index in [0.717, 1.165) is 0 Å². The Bertz CT molecular complexity index is 403. The van der Waals surface area contributed by atoms with E-state index in [0.29, 0.717) is 12.8 Å². The number of carbonyl (C=O) groups is 1. The Morgan fingerprint density at radius 3 is 2.19 bits per heavy atom. The minimum Gasteiger partial charge on any atom is -0.598 e. The Morgan fingerprint density at radius 2 is 1.86 bits per heavy atom. The van der Waals surface area contributed by atoms with Crippen LogP contribution in [0.5, 0.6) is 0 Å². The van der Waals surface area contributed by atoms with Crippen molar-refractivity contribution in [2.75, 3.05) is 0 Å². The number of nitrogens with zero attached hydrogens (tertiary/aromatic N) is 1. The van der Waals surface area contributed by atoms with Gasteiger partial charge in [-0.1, -0.05) is 0 Å². The van der Waals surface area contributed by atoms with Crippen molar-refractivity contribution in [3.05, 3.63) is 0 Å². The molecule has 2 rings (SSSR count). The lowest BCUT2D eigenvalue weighted by Gasteiger charge is -2.45. The molecule has 2 bridgehead atoms. The van der Waals surface area contributed by atoms with Gasteiger partial charge >= 0.3 is 6.09 Å². The molecule has 0 aromatic carbocycles. The highest BCUT2D eigenvalue weighted by Crippen LogP contribution is 2.44. The summed E-state index contributed by atoms with van der Waals surface area (Å²) in [5, 5.41) is 9.20. The van der Waals surface area contributed by atoms with Crippen LogP contribution in [-0.2, 0) is 11.4 Å². The van der Waals surface area contributed by atoms with E-state index in [1.807, 2.05) is 0 Å². The number of carboxylic acid groups (broad SMARTS) is 1. The summed E-state index contributed by atoms with van der Waals surface area (Å²) in [4.78, 5) is 12.5. The average Bonchev–Trinajstić information content (AvgIpc) is 2.61. The molecule has 2 fully saturated rings. The predicted molar refractivity (Wildman–Crippen MR) is 75.7 cm³/mol. The summed E-state index contributed by atoms with van der Waals surface area (Å²) in [7, 11) is 0. The first kappa shape index (κ1) is 16.8. The van der Waals surface area contributed by atoms with Crippen LogP contribution in [0.3, 0.4) is 0 Å².